The summed E-state index contributed by atoms with van der Waals surface area (Å²) in [6.07, 6.45) is 3.85. The highest BCUT2D eigenvalue weighted by Crippen LogP contribution is 2.21. The molecule has 0 amide bonds. The van der Waals surface area contributed by atoms with Gasteiger partial charge in [-0.15, -0.1) is 11.3 Å². The van der Waals surface area contributed by atoms with Crippen LogP contribution < -0.4 is 10.3 Å². The third-order valence-corrected chi connectivity index (χ3v) is 5.41. The Morgan fingerprint density at radius 2 is 2.20 bits per heavy atom. The molecule has 3 aromatic rings. The molecular weight excluding hydrogens is 336 g/mol. The van der Waals surface area contributed by atoms with E-state index in [9.17, 15) is 4.79 Å². The van der Waals surface area contributed by atoms with Crippen LogP contribution in [-0.4, -0.2) is 39.0 Å². The fourth-order valence-electron chi connectivity index (χ4n) is 3.15. The number of H-pyrrole nitrogens is 1. The molecule has 1 aliphatic rings. The number of aryl methyl sites for hydroxylation is 1. The van der Waals surface area contributed by atoms with Gasteiger partial charge in [-0.3, -0.25) is 9.69 Å². The number of ether oxygens (including phenoxy) is 1. The van der Waals surface area contributed by atoms with Crippen LogP contribution in [0.2, 0.25) is 0 Å². The van der Waals surface area contributed by atoms with Crippen LogP contribution in [-0.2, 0) is 6.54 Å². The van der Waals surface area contributed by atoms with Crippen molar-refractivity contribution in [1.29, 1.82) is 0 Å². The average Bonchev–Trinajstić information content (AvgIpc) is 3.08. The lowest BCUT2D eigenvalue weighted by Gasteiger charge is -2.31. The van der Waals surface area contributed by atoms with Crippen molar-refractivity contribution in [2.45, 2.75) is 32.4 Å². The molecule has 7 heteroatoms. The van der Waals surface area contributed by atoms with E-state index in [0.717, 1.165) is 48.7 Å². The molecule has 0 aliphatic carbocycles. The van der Waals surface area contributed by atoms with Crippen molar-refractivity contribution < 1.29 is 4.74 Å². The monoisotopic (exact) mass is 356 g/mol. The average molecular weight is 356 g/mol. The molecule has 4 rings (SSSR count). The quantitative estimate of drug-likeness (QED) is 0.778. The molecule has 1 saturated heterocycles. The van der Waals surface area contributed by atoms with Crippen LogP contribution in [0.5, 0.6) is 5.88 Å². The van der Waals surface area contributed by atoms with Gasteiger partial charge in [-0.05, 0) is 37.3 Å². The molecule has 6 nitrogen and oxygen atoms in total. The van der Waals surface area contributed by atoms with Gasteiger partial charge in [-0.2, -0.15) is 0 Å². The van der Waals surface area contributed by atoms with Crippen LogP contribution >= 0.6 is 11.3 Å². The molecule has 0 saturated carbocycles. The summed E-state index contributed by atoms with van der Waals surface area (Å²) in [6, 6.07) is 5.83. The number of rotatable bonds is 4. The molecule has 25 heavy (non-hydrogen) atoms. The third kappa shape index (κ3) is 3.57. The Morgan fingerprint density at radius 3 is 3.00 bits per heavy atom. The molecule has 0 radical (unpaired) electrons. The van der Waals surface area contributed by atoms with Gasteiger partial charge in [0, 0.05) is 24.8 Å². The molecular formula is C18H20N4O2S. The number of thiophene rings is 1. The van der Waals surface area contributed by atoms with E-state index >= 15 is 0 Å². The van der Waals surface area contributed by atoms with Crippen LogP contribution in [0.4, 0.5) is 0 Å². The highest BCUT2D eigenvalue weighted by atomic mass is 32.1. The first-order chi connectivity index (χ1) is 12.2. The van der Waals surface area contributed by atoms with Crippen molar-refractivity contribution in [1.82, 2.24) is 19.9 Å². The Labute approximate surface area is 149 Å². The first-order valence-corrected chi connectivity index (χ1v) is 9.34. The van der Waals surface area contributed by atoms with E-state index in [1.807, 2.05) is 30.5 Å². The third-order valence-electron chi connectivity index (χ3n) is 4.51. The summed E-state index contributed by atoms with van der Waals surface area (Å²) in [6.45, 7) is 4.51. The van der Waals surface area contributed by atoms with E-state index in [1.54, 1.807) is 6.20 Å². The minimum absolute atomic E-state index is 0.0427. The number of aromatic amines is 1. The van der Waals surface area contributed by atoms with Gasteiger partial charge in [0.2, 0.25) is 5.88 Å². The number of pyridine rings is 1. The Hall–Kier alpha value is -2.25. The van der Waals surface area contributed by atoms with Crippen LogP contribution in [0.1, 0.15) is 24.2 Å². The standard InChI is InChI=1S/C18H20N4O2S/c1-12-3-2-7-19-18(12)24-13-4-8-22(9-5-13)11-15-20-14-6-10-25-16(14)17(23)21-15/h2-3,6-7,10,13H,4-5,8-9,11H2,1H3,(H,20,21,23). The van der Waals surface area contributed by atoms with Crippen molar-refractivity contribution >= 4 is 21.6 Å². The summed E-state index contributed by atoms with van der Waals surface area (Å²) in [5, 5.41) is 1.90. The maximum Gasteiger partial charge on any atom is 0.268 e. The van der Waals surface area contributed by atoms with Crippen molar-refractivity contribution in [2.24, 2.45) is 0 Å². The van der Waals surface area contributed by atoms with Gasteiger partial charge >= 0.3 is 0 Å². The molecule has 0 bridgehead atoms. The number of aromatic nitrogens is 3. The summed E-state index contributed by atoms with van der Waals surface area (Å²) < 4.78 is 6.74. The van der Waals surface area contributed by atoms with Gasteiger partial charge in [0.25, 0.3) is 5.56 Å². The maximum atomic E-state index is 12.1. The predicted octanol–water partition coefficient (Wildman–Crippen LogP) is 2.73. The Morgan fingerprint density at radius 1 is 1.36 bits per heavy atom. The highest BCUT2D eigenvalue weighted by Gasteiger charge is 2.22. The Balaban J connectivity index is 1.37. The van der Waals surface area contributed by atoms with Crippen molar-refractivity contribution in [3.63, 3.8) is 0 Å². The number of hydrogen-bond donors (Lipinski definition) is 1. The van der Waals surface area contributed by atoms with Gasteiger partial charge < -0.3 is 9.72 Å². The Kier molecular flexibility index (Phi) is 4.50. The SMILES string of the molecule is Cc1cccnc1OC1CCN(Cc2nc3ccsc3c(=O)[nH]2)CC1. The number of nitrogens with one attached hydrogen (secondary N) is 1. The lowest BCUT2D eigenvalue weighted by atomic mass is 10.1. The lowest BCUT2D eigenvalue weighted by Crippen LogP contribution is -2.38. The molecule has 0 atom stereocenters. The zero-order valence-electron chi connectivity index (χ0n) is 14.1. The zero-order chi connectivity index (χ0) is 17.2. The number of likely N-dealkylation sites (tertiary alicyclic amines) is 1. The number of piperidine rings is 1. The lowest BCUT2D eigenvalue weighted by molar-refractivity contribution is 0.0913. The van der Waals surface area contributed by atoms with E-state index in [0.29, 0.717) is 11.2 Å². The number of fused-ring (bicyclic) bond motifs is 1. The second-order valence-corrected chi connectivity index (χ2v) is 7.28. The molecule has 0 spiro atoms. The van der Waals surface area contributed by atoms with E-state index < -0.39 is 0 Å². The van der Waals surface area contributed by atoms with E-state index in [1.165, 1.54) is 11.3 Å². The molecule has 3 aromatic heterocycles. The van der Waals surface area contributed by atoms with Gasteiger partial charge in [-0.1, -0.05) is 6.07 Å². The van der Waals surface area contributed by atoms with Crippen LogP contribution in [0.25, 0.3) is 10.2 Å². The minimum Gasteiger partial charge on any atom is -0.474 e. The first kappa shape index (κ1) is 16.2. The van der Waals surface area contributed by atoms with E-state index in [4.69, 9.17) is 4.74 Å². The van der Waals surface area contributed by atoms with Crippen LogP contribution in [0, 0.1) is 6.92 Å². The van der Waals surface area contributed by atoms with Gasteiger partial charge in [0.1, 0.15) is 16.6 Å². The molecule has 0 unspecified atom stereocenters. The second-order valence-electron chi connectivity index (χ2n) is 6.37. The van der Waals surface area contributed by atoms with Gasteiger partial charge in [-0.25, -0.2) is 9.97 Å². The predicted molar refractivity (Wildman–Crippen MR) is 98.1 cm³/mol. The fraction of sp³-hybridized carbons (Fsp3) is 0.389. The summed E-state index contributed by atoms with van der Waals surface area (Å²) in [4.78, 5) is 26.1. The molecule has 1 fully saturated rings. The van der Waals surface area contributed by atoms with E-state index in [-0.39, 0.29) is 11.7 Å². The fourth-order valence-corrected chi connectivity index (χ4v) is 3.87. The van der Waals surface area contributed by atoms with Crippen molar-refractivity contribution in [3.05, 3.63) is 51.5 Å². The molecule has 1 N–H and O–H groups in total. The first-order valence-electron chi connectivity index (χ1n) is 8.46. The van der Waals surface area contributed by atoms with E-state index in [2.05, 4.69) is 19.9 Å². The highest BCUT2D eigenvalue weighted by molar-refractivity contribution is 7.17. The van der Waals surface area contributed by atoms with Gasteiger partial charge in [0.05, 0.1) is 12.1 Å². The minimum atomic E-state index is -0.0427. The molecule has 0 aromatic carbocycles. The van der Waals surface area contributed by atoms with Gasteiger partial charge in [0.15, 0.2) is 0 Å². The smallest absolute Gasteiger partial charge is 0.268 e. The largest absolute Gasteiger partial charge is 0.474 e. The molecule has 4 heterocycles. The normalized spacial score (nSPS) is 16.4. The zero-order valence-corrected chi connectivity index (χ0v) is 14.9. The number of hydrogen-bond acceptors (Lipinski definition) is 6. The molecule has 1 aliphatic heterocycles. The summed E-state index contributed by atoms with van der Waals surface area (Å²) >= 11 is 1.43. The summed E-state index contributed by atoms with van der Waals surface area (Å²) in [5.41, 5.74) is 1.81. The second kappa shape index (κ2) is 6.93. The summed E-state index contributed by atoms with van der Waals surface area (Å²) in [5.74, 6) is 1.46. The summed E-state index contributed by atoms with van der Waals surface area (Å²) in [7, 11) is 0. The molecule has 130 valence electrons. The van der Waals surface area contributed by atoms with Crippen molar-refractivity contribution in [2.75, 3.05) is 13.1 Å². The Bertz CT molecular complexity index is 928. The number of nitrogens with zero attached hydrogens (tertiary/aromatic N) is 3. The van der Waals surface area contributed by atoms with Crippen molar-refractivity contribution in [3.8, 4) is 5.88 Å². The van der Waals surface area contributed by atoms with Crippen LogP contribution in [0.15, 0.2) is 34.6 Å². The van der Waals surface area contributed by atoms with Crippen LogP contribution in [0.3, 0.4) is 0 Å². The maximum absolute atomic E-state index is 12.1. The topological polar surface area (TPSA) is 71.1 Å².